The van der Waals surface area contributed by atoms with Gasteiger partial charge >= 0.3 is 5.97 Å². The van der Waals surface area contributed by atoms with E-state index >= 15 is 0 Å². The van der Waals surface area contributed by atoms with Gasteiger partial charge in [-0.2, -0.15) is 5.10 Å². The van der Waals surface area contributed by atoms with Crippen molar-refractivity contribution in [3.05, 3.63) is 70.4 Å². The maximum Gasteiger partial charge on any atom is 0.334 e. The molecule has 0 spiro atoms. The molecule has 0 unspecified atom stereocenters. The second-order valence-corrected chi connectivity index (χ2v) is 7.75. The van der Waals surface area contributed by atoms with E-state index in [0.29, 0.717) is 5.84 Å². The quantitative estimate of drug-likeness (QED) is 0.105. The zero-order valence-electron chi connectivity index (χ0n) is 19.7. The van der Waals surface area contributed by atoms with E-state index in [-0.39, 0.29) is 10.7 Å². The molecule has 0 fully saturated rings. The highest BCUT2D eigenvalue weighted by molar-refractivity contribution is 6.32. The van der Waals surface area contributed by atoms with Gasteiger partial charge in [0, 0.05) is 11.3 Å². The van der Waals surface area contributed by atoms with Gasteiger partial charge in [0.1, 0.15) is 5.16 Å². The van der Waals surface area contributed by atoms with E-state index in [1.165, 1.54) is 12.5 Å². The number of nitrogens with two attached hydrogens (primary N) is 2. The number of nitrogens with zero attached hydrogens (tertiary/aromatic N) is 2. The van der Waals surface area contributed by atoms with Crippen molar-refractivity contribution in [2.45, 2.75) is 53.4 Å². The van der Waals surface area contributed by atoms with Crippen LogP contribution < -0.4 is 17.1 Å². The van der Waals surface area contributed by atoms with Gasteiger partial charge in [-0.05, 0) is 49.8 Å². The number of amidine groups is 1. The van der Waals surface area contributed by atoms with E-state index in [2.05, 4.69) is 53.6 Å². The third-order valence-corrected chi connectivity index (χ3v) is 5.30. The SMILES string of the molecule is CCCC/C(C)=N/C(Cl)=C(\C)C(=O)O.CCc1ccc(-c2ccccc2/C(=N/N)NN)cc1. The molecule has 0 heterocycles. The standard InChI is InChI=1S/C15H18N4.C10H16ClNO2/c1-2-11-7-9-12(10-8-11)13-5-3-4-6-14(13)15(18-16)19-17;1-4-5-6-7(2)12-9(11)8(3)10(13)14/h3-10H,2,16-17H2,1H3,(H,18,19);4-6H2,1-3H3,(H,13,14)/b;9-8+,12-7+. The minimum Gasteiger partial charge on any atom is -0.478 e. The molecule has 178 valence electrons. The summed E-state index contributed by atoms with van der Waals surface area (Å²) in [5.74, 6) is 10.2. The Morgan fingerprint density at radius 1 is 1.09 bits per heavy atom. The van der Waals surface area contributed by atoms with E-state index in [1.807, 2.05) is 31.2 Å². The van der Waals surface area contributed by atoms with Crippen LogP contribution in [0.3, 0.4) is 0 Å². The highest BCUT2D eigenvalue weighted by atomic mass is 35.5. The third-order valence-electron chi connectivity index (χ3n) is 4.93. The molecule has 0 atom stereocenters. The molecule has 2 aromatic rings. The molecule has 0 aliphatic carbocycles. The summed E-state index contributed by atoms with van der Waals surface area (Å²) in [4.78, 5) is 14.5. The fourth-order valence-electron chi connectivity index (χ4n) is 2.87. The summed E-state index contributed by atoms with van der Waals surface area (Å²) in [6.07, 6.45) is 4.03. The lowest BCUT2D eigenvalue weighted by atomic mass is 9.98. The van der Waals surface area contributed by atoms with E-state index in [4.69, 9.17) is 28.4 Å². The second-order valence-electron chi connectivity index (χ2n) is 7.39. The van der Waals surface area contributed by atoms with Gasteiger partial charge in [-0.1, -0.05) is 80.4 Å². The van der Waals surface area contributed by atoms with Crippen molar-refractivity contribution in [1.82, 2.24) is 5.43 Å². The van der Waals surface area contributed by atoms with Crippen molar-refractivity contribution in [3.8, 4) is 11.1 Å². The van der Waals surface area contributed by atoms with Crippen LogP contribution in [-0.4, -0.2) is 22.6 Å². The largest absolute Gasteiger partial charge is 0.478 e. The number of aryl methyl sites for hydroxylation is 1. The first-order chi connectivity index (χ1) is 15.8. The summed E-state index contributed by atoms with van der Waals surface area (Å²) in [7, 11) is 0. The second kappa shape index (κ2) is 14.8. The Balaban J connectivity index is 0.000000349. The third kappa shape index (κ3) is 9.08. The van der Waals surface area contributed by atoms with Crippen LogP contribution in [0.15, 0.2) is 69.4 Å². The first-order valence-electron chi connectivity index (χ1n) is 10.9. The molecular formula is C25H34ClN5O2. The zero-order valence-corrected chi connectivity index (χ0v) is 20.5. The fraction of sp³-hybridized carbons (Fsp3) is 0.320. The van der Waals surface area contributed by atoms with Crippen LogP contribution >= 0.6 is 11.6 Å². The summed E-state index contributed by atoms with van der Waals surface area (Å²) < 4.78 is 0. The minimum absolute atomic E-state index is 0.0751. The number of benzene rings is 2. The molecule has 0 amide bonds. The molecule has 0 bridgehead atoms. The first kappa shape index (κ1) is 27.9. The van der Waals surface area contributed by atoms with Crippen molar-refractivity contribution in [2.24, 2.45) is 21.8 Å². The van der Waals surface area contributed by atoms with Crippen molar-refractivity contribution in [2.75, 3.05) is 0 Å². The Labute approximate surface area is 201 Å². The van der Waals surface area contributed by atoms with Crippen LogP contribution in [0.2, 0.25) is 0 Å². The molecular weight excluding hydrogens is 438 g/mol. The lowest BCUT2D eigenvalue weighted by Crippen LogP contribution is -2.32. The van der Waals surface area contributed by atoms with Gasteiger partial charge in [0.2, 0.25) is 0 Å². The van der Waals surface area contributed by atoms with Crippen molar-refractivity contribution in [1.29, 1.82) is 0 Å². The van der Waals surface area contributed by atoms with Crippen LogP contribution in [0.5, 0.6) is 0 Å². The molecule has 0 aromatic heterocycles. The summed E-state index contributed by atoms with van der Waals surface area (Å²) in [5, 5.41) is 12.4. The van der Waals surface area contributed by atoms with Crippen LogP contribution in [0.4, 0.5) is 0 Å². The van der Waals surface area contributed by atoms with E-state index in [1.54, 1.807) is 0 Å². The topological polar surface area (TPSA) is 126 Å². The Morgan fingerprint density at radius 2 is 1.73 bits per heavy atom. The molecule has 0 saturated carbocycles. The lowest BCUT2D eigenvalue weighted by Gasteiger charge is -2.11. The van der Waals surface area contributed by atoms with Gasteiger partial charge in [-0.15, -0.1) is 0 Å². The molecule has 0 saturated heterocycles. The number of carboxylic acids is 1. The summed E-state index contributed by atoms with van der Waals surface area (Å²) in [6.45, 7) is 7.53. The van der Waals surface area contributed by atoms with Crippen molar-refractivity contribution >= 4 is 29.1 Å². The first-order valence-corrected chi connectivity index (χ1v) is 11.2. The number of hydrazine groups is 1. The van der Waals surface area contributed by atoms with Crippen LogP contribution in [0.25, 0.3) is 11.1 Å². The number of aliphatic carboxylic acids is 1. The maximum absolute atomic E-state index is 10.5. The van der Waals surface area contributed by atoms with E-state index in [9.17, 15) is 4.79 Å². The number of aliphatic imine (C=N–C) groups is 1. The van der Waals surface area contributed by atoms with Crippen LogP contribution in [0.1, 0.15) is 58.1 Å². The Kier molecular flexibility index (Phi) is 12.5. The number of unbranched alkanes of at least 4 members (excludes halogenated alkanes) is 1. The van der Waals surface area contributed by atoms with Crippen molar-refractivity contribution in [3.63, 3.8) is 0 Å². The highest BCUT2D eigenvalue weighted by Gasteiger charge is 2.09. The molecule has 6 N–H and O–H groups in total. The number of hydrogen-bond acceptors (Lipinski definition) is 5. The monoisotopic (exact) mass is 471 g/mol. The Bertz CT molecular complexity index is 998. The van der Waals surface area contributed by atoms with Gasteiger partial charge in [-0.25, -0.2) is 15.6 Å². The summed E-state index contributed by atoms with van der Waals surface area (Å²) >= 11 is 5.71. The predicted octanol–water partition coefficient (Wildman–Crippen LogP) is 5.19. The number of nitrogens with one attached hydrogen (secondary N) is 1. The molecule has 0 aliphatic heterocycles. The Morgan fingerprint density at radius 3 is 2.24 bits per heavy atom. The van der Waals surface area contributed by atoms with Gasteiger partial charge in [0.05, 0.1) is 5.57 Å². The normalized spacial score (nSPS) is 12.4. The number of hydrogen-bond donors (Lipinski definition) is 4. The summed E-state index contributed by atoms with van der Waals surface area (Å²) in [6, 6.07) is 16.3. The van der Waals surface area contributed by atoms with E-state index in [0.717, 1.165) is 48.1 Å². The smallest absolute Gasteiger partial charge is 0.334 e. The zero-order chi connectivity index (χ0) is 24.8. The number of rotatable bonds is 8. The number of hydrazone groups is 1. The fourth-order valence-corrected chi connectivity index (χ4v) is 3.10. The van der Waals surface area contributed by atoms with Crippen LogP contribution in [0, 0.1) is 0 Å². The summed E-state index contributed by atoms with van der Waals surface area (Å²) in [5.41, 5.74) is 7.84. The molecule has 0 aliphatic rings. The van der Waals surface area contributed by atoms with Crippen molar-refractivity contribution < 1.29 is 9.90 Å². The highest BCUT2D eigenvalue weighted by Crippen LogP contribution is 2.24. The number of carbonyl (C=O) groups is 1. The van der Waals surface area contributed by atoms with Gasteiger partial charge in [-0.3, -0.25) is 0 Å². The Hall–Kier alpha value is -3.16. The molecule has 0 radical (unpaired) electrons. The molecule has 8 heteroatoms. The lowest BCUT2D eigenvalue weighted by molar-refractivity contribution is -0.132. The predicted molar refractivity (Wildman–Crippen MR) is 138 cm³/mol. The van der Waals surface area contributed by atoms with Gasteiger partial charge in [0.15, 0.2) is 5.84 Å². The van der Waals surface area contributed by atoms with Crippen LogP contribution in [-0.2, 0) is 11.2 Å². The molecule has 2 aromatic carbocycles. The number of halogens is 1. The molecule has 2 rings (SSSR count). The molecule has 7 nitrogen and oxygen atoms in total. The minimum atomic E-state index is -1.03. The average molecular weight is 472 g/mol. The van der Waals surface area contributed by atoms with Gasteiger partial charge in [0.25, 0.3) is 0 Å². The van der Waals surface area contributed by atoms with E-state index < -0.39 is 5.97 Å². The maximum atomic E-state index is 10.5. The number of carboxylic acid groups (broad SMARTS) is 1. The average Bonchev–Trinajstić information content (AvgIpc) is 2.83. The molecule has 33 heavy (non-hydrogen) atoms. The van der Waals surface area contributed by atoms with Gasteiger partial charge < -0.3 is 16.4 Å².